The van der Waals surface area contributed by atoms with E-state index in [0.717, 1.165) is 29.7 Å². The standard InChI is InChI=1S/C26H37N3O3/c1-18(2)28-25(31)29-22-12-10-21(11-13-22)17-27-24(30)26(5,6)14-7-15-32-23-16-19(3)8-9-20(23)4/h8-13,16,18H,7,14-15,17H2,1-6H3,(H,27,30)(H2,28,29,31). The molecule has 0 bridgehead atoms. The second-order valence-electron chi connectivity index (χ2n) is 9.24. The van der Waals surface area contributed by atoms with E-state index in [1.165, 1.54) is 5.56 Å². The lowest BCUT2D eigenvalue weighted by Gasteiger charge is -2.24. The third-order valence-corrected chi connectivity index (χ3v) is 5.25. The van der Waals surface area contributed by atoms with Crippen molar-refractivity contribution < 1.29 is 14.3 Å². The van der Waals surface area contributed by atoms with Crippen LogP contribution in [0, 0.1) is 19.3 Å². The number of carbonyl (C=O) groups excluding carboxylic acids is 2. The molecule has 6 heteroatoms. The lowest BCUT2D eigenvalue weighted by atomic mass is 9.87. The first kappa shape index (κ1) is 25.2. The Hall–Kier alpha value is -3.02. The minimum absolute atomic E-state index is 0.0164. The van der Waals surface area contributed by atoms with Crippen LogP contribution in [0.4, 0.5) is 10.5 Å². The predicted molar refractivity (Wildman–Crippen MR) is 130 cm³/mol. The van der Waals surface area contributed by atoms with Crippen LogP contribution in [0.3, 0.4) is 0 Å². The van der Waals surface area contributed by atoms with Crippen LogP contribution >= 0.6 is 0 Å². The quantitative estimate of drug-likeness (QED) is 0.438. The molecule has 6 nitrogen and oxygen atoms in total. The van der Waals surface area contributed by atoms with Crippen LogP contribution in [-0.2, 0) is 11.3 Å². The van der Waals surface area contributed by atoms with Crippen LogP contribution in [0.25, 0.3) is 0 Å². The molecule has 0 aromatic heterocycles. The molecule has 0 radical (unpaired) electrons. The summed E-state index contributed by atoms with van der Waals surface area (Å²) in [6, 6.07) is 13.5. The number of hydrogen-bond acceptors (Lipinski definition) is 3. The Morgan fingerprint density at radius 3 is 2.38 bits per heavy atom. The zero-order chi connectivity index (χ0) is 23.7. The van der Waals surface area contributed by atoms with Crippen molar-refractivity contribution in [2.75, 3.05) is 11.9 Å². The van der Waals surface area contributed by atoms with Crippen molar-refractivity contribution in [2.24, 2.45) is 5.41 Å². The maximum atomic E-state index is 12.7. The lowest BCUT2D eigenvalue weighted by molar-refractivity contribution is -0.130. The predicted octanol–water partition coefficient (Wildman–Crippen LogP) is 5.33. The Morgan fingerprint density at radius 1 is 1.03 bits per heavy atom. The van der Waals surface area contributed by atoms with Gasteiger partial charge in [-0.2, -0.15) is 0 Å². The highest BCUT2D eigenvalue weighted by Gasteiger charge is 2.26. The summed E-state index contributed by atoms with van der Waals surface area (Å²) in [7, 11) is 0. The minimum Gasteiger partial charge on any atom is -0.493 e. The molecule has 32 heavy (non-hydrogen) atoms. The molecule has 2 aromatic rings. The van der Waals surface area contributed by atoms with Crippen LogP contribution in [0.15, 0.2) is 42.5 Å². The number of carbonyl (C=O) groups is 2. The molecule has 0 atom stereocenters. The first-order valence-electron chi connectivity index (χ1n) is 11.2. The van der Waals surface area contributed by atoms with E-state index in [4.69, 9.17) is 4.74 Å². The van der Waals surface area contributed by atoms with Gasteiger partial charge < -0.3 is 20.7 Å². The van der Waals surface area contributed by atoms with Crippen molar-refractivity contribution in [1.29, 1.82) is 0 Å². The summed E-state index contributed by atoms with van der Waals surface area (Å²) in [5, 5.41) is 8.59. The summed E-state index contributed by atoms with van der Waals surface area (Å²) < 4.78 is 5.92. The van der Waals surface area contributed by atoms with Gasteiger partial charge in [0.1, 0.15) is 5.75 Å². The number of anilines is 1. The number of urea groups is 1. The third kappa shape index (κ3) is 8.25. The minimum atomic E-state index is -0.485. The van der Waals surface area contributed by atoms with Crippen LogP contribution in [-0.4, -0.2) is 24.6 Å². The Bertz CT molecular complexity index is 905. The molecule has 0 saturated carbocycles. The van der Waals surface area contributed by atoms with E-state index in [-0.39, 0.29) is 18.0 Å². The topological polar surface area (TPSA) is 79.5 Å². The van der Waals surface area contributed by atoms with Gasteiger partial charge >= 0.3 is 6.03 Å². The molecule has 0 fully saturated rings. The fourth-order valence-electron chi connectivity index (χ4n) is 3.23. The largest absolute Gasteiger partial charge is 0.493 e. The first-order chi connectivity index (χ1) is 15.1. The van der Waals surface area contributed by atoms with E-state index in [1.54, 1.807) is 0 Å². The second-order valence-corrected chi connectivity index (χ2v) is 9.24. The third-order valence-electron chi connectivity index (χ3n) is 5.25. The van der Waals surface area contributed by atoms with Crippen molar-refractivity contribution >= 4 is 17.6 Å². The molecular formula is C26H37N3O3. The van der Waals surface area contributed by atoms with E-state index in [0.29, 0.717) is 18.8 Å². The number of ether oxygens (including phenoxy) is 1. The zero-order valence-electron chi connectivity index (χ0n) is 20.2. The molecule has 0 unspecified atom stereocenters. The van der Waals surface area contributed by atoms with Gasteiger partial charge in [-0.3, -0.25) is 4.79 Å². The summed E-state index contributed by atoms with van der Waals surface area (Å²) in [6.45, 7) is 12.8. The van der Waals surface area contributed by atoms with Gasteiger partial charge in [0, 0.05) is 23.7 Å². The summed E-state index contributed by atoms with van der Waals surface area (Å²) >= 11 is 0. The highest BCUT2D eigenvalue weighted by atomic mass is 16.5. The molecule has 0 aliphatic carbocycles. The van der Waals surface area contributed by atoms with E-state index in [9.17, 15) is 9.59 Å². The van der Waals surface area contributed by atoms with E-state index < -0.39 is 5.41 Å². The second kappa shape index (κ2) is 11.6. The van der Waals surface area contributed by atoms with Gasteiger partial charge in [0.2, 0.25) is 5.91 Å². The number of amides is 3. The van der Waals surface area contributed by atoms with E-state index >= 15 is 0 Å². The van der Waals surface area contributed by atoms with Crippen LogP contribution < -0.4 is 20.7 Å². The fourth-order valence-corrected chi connectivity index (χ4v) is 3.23. The zero-order valence-corrected chi connectivity index (χ0v) is 20.2. The molecule has 0 aliphatic heterocycles. The van der Waals surface area contributed by atoms with Gasteiger partial charge in [-0.1, -0.05) is 38.1 Å². The number of rotatable bonds is 10. The Kier molecular flexibility index (Phi) is 9.12. The van der Waals surface area contributed by atoms with Crippen molar-refractivity contribution in [3.8, 4) is 5.75 Å². The first-order valence-corrected chi connectivity index (χ1v) is 11.2. The van der Waals surface area contributed by atoms with Crippen LogP contribution in [0.1, 0.15) is 57.2 Å². The Labute approximate surface area is 192 Å². The molecule has 0 saturated heterocycles. The van der Waals surface area contributed by atoms with Gasteiger partial charge in [-0.25, -0.2) is 4.79 Å². The average Bonchev–Trinajstić information content (AvgIpc) is 2.72. The molecular weight excluding hydrogens is 402 g/mol. The van der Waals surface area contributed by atoms with E-state index in [2.05, 4.69) is 28.1 Å². The maximum Gasteiger partial charge on any atom is 0.319 e. The van der Waals surface area contributed by atoms with Gasteiger partial charge in [-0.05, 0) is 75.4 Å². The van der Waals surface area contributed by atoms with Crippen molar-refractivity contribution in [3.05, 3.63) is 59.2 Å². The summed E-state index contributed by atoms with van der Waals surface area (Å²) in [4.78, 5) is 24.5. The molecule has 3 amide bonds. The number of aryl methyl sites for hydroxylation is 2. The maximum absolute atomic E-state index is 12.7. The number of hydrogen-bond donors (Lipinski definition) is 3. The summed E-state index contributed by atoms with van der Waals surface area (Å²) in [5.74, 6) is 0.926. The molecule has 0 aliphatic rings. The summed E-state index contributed by atoms with van der Waals surface area (Å²) in [6.07, 6.45) is 1.53. The van der Waals surface area contributed by atoms with Gasteiger partial charge in [0.05, 0.1) is 6.61 Å². The molecule has 174 valence electrons. The fraction of sp³-hybridized carbons (Fsp3) is 0.462. The van der Waals surface area contributed by atoms with Gasteiger partial charge in [0.25, 0.3) is 0 Å². The molecule has 0 heterocycles. The Morgan fingerprint density at radius 2 is 1.72 bits per heavy atom. The average molecular weight is 440 g/mol. The number of nitrogens with one attached hydrogen (secondary N) is 3. The van der Waals surface area contributed by atoms with Gasteiger partial charge in [-0.15, -0.1) is 0 Å². The van der Waals surface area contributed by atoms with Crippen molar-refractivity contribution in [1.82, 2.24) is 10.6 Å². The normalized spacial score (nSPS) is 11.2. The van der Waals surface area contributed by atoms with Gasteiger partial charge in [0.15, 0.2) is 0 Å². The Balaban J connectivity index is 1.76. The smallest absolute Gasteiger partial charge is 0.319 e. The summed E-state index contributed by atoms with van der Waals surface area (Å²) in [5.41, 5.74) is 3.49. The lowest BCUT2D eigenvalue weighted by Crippen LogP contribution is -2.36. The van der Waals surface area contributed by atoms with E-state index in [1.807, 2.05) is 71.9 Å². The molecule has 0 spiro atoms. The molecule has 2 rings (SSSR count). The SMILES string of the molecule is Cc1ccc(C)c(OCCCC(C)(C)C(=O)NCc2ccc(NC(=O)NC(C)C)cc2)c1. The number of benzene rings is 2. The highest BCUT2D eigenvalue weighted by molar-refractivity contribution is 5.89. The van der Waals surface area contributed by atoms with Crippen molar-refractivity contribution in [3.63, 3.8) is 0 Å². The van der Waals surface area contributed by atoms with Crippen LogP contribution in [0.2, 0.25) is 0 Å². The van der Waals surface area contributed by atoms with Crippen molar-refractivity contribution in [2.45, 2.75) is 67.0 Å². The molecule has 2 aromatic carbocycles. The molecule has 3 N–H and O–H groups in total. The van der Waals surface area contributed by atoms with Crippen LogP contribution in [0.5, 0.6) is 5.75 Å². The monoisotopic (exact) mass is 439 g/mol. The highest BCUT2D eigenvalue weighted by Crippen LogP contribution is 2.24.